The zero-order chi connectivity index (χ0) is 10.5. The normalized spacial score (nSPS) is 23.9. The summed E-state index contributed by atoms with van der Waals surface area (Å²) in [6.07, 6.45) is 6.90. The van der Waals surface area contributed by atoms with Gasteiger partial charge in [-0.15, -0.1) is 11.3 Å². The molecule has 2 rings (SSSR count). The van der Waals surface area contributed by atoms with E-state index in [4.69, 9.17) is 4.74 Å². The Hall–Kier alpha value is -0.450. The Morgan fingerprint density at radius 1 is 1.67 bits per heavy atom. The summed E-state index contributed by atoms with van der Waals surface area (Å²) >= 11 is 1.72. The molecule has 3 nitrogen and oxygen atoms in total. The maximum atomic E-state index is 5.79. The van der Waals surface area contributed by atoms with Crippen molar-refractivity contribution in [1.29, 1.82) is 0 Å². The molecule has 1 aromatic rings. The average Bonchev–Trinajstić information content (AvgIpc) is 2.80. The molecule has 2 unspecified atom stereocenters. The summed E-state index contributed by atoms with van der Waals surface area (Å²) in [7, 11) is 2.01. The zero-order valence-corrected chi connectivity index (χ0v) is 9.93. The minimum atomic E-state index is 0.368. The summed E-state index contributed by atoms with van der Waals surface area (Å²) < 4.78 is 5.79. The van der Waals surface area contributed by atoms with Gasteiger partial charge in [-0.2, -0.15) is 0 Å². The number of ether oxygens (including phenoxy) is 1. The van der Waals surface area contributed by atoms with E-state index >= 15 is 0 Å². The van der Waals surface area contributed by atoms with Gasteiger partial charge in [-0.3, -0.25) is 0 Å². The van der Waals surface area contributed by atoms with Crippen LogP contribution < -0.4 is 5.32 Å². The van der Waals surface area contributed by atoms with Crippen molar-refractivity contribution in [2.45, 2.75) is 37.8 Å². The highest BCUT2D eigenvalue weighted by Crippen LogP contribution is 2.19. The Labute approximate surface area is 94.9 Å². The van der Waals surface area contributed by atoms with Crippen LogP contribution in [-0.2, 0) is 11.2 Å². The Balaban J connectivity index is 1.91. The van der Waals surface area contributed by atoms with Gasteiger partial charge in [-0.25, -0.2) is 4.98 Å². The molecule has 84 valence electrons. The molecule has 0 saturated carbocycles. The minimum Gasteiger partial charge on any atom is -0.377 e. The van der Waals surface area contributed by atoms with Crippen molar-refractivity contribution in [1.82, 2.24) is 10.3 Å². The summed E-state index contributed by atoms with van der Waals surface area (Å²) in [6.45, 7) is 0.917. The van der Waals surface area contributed by atoms with Crippen molar-refractivity contribution in [3.63, 3.8) is 0 Å². The molecule has 1 fully saturated rings. The van der Waals surface area contributed by atoms with E-state index in [-0.39, 0.29) is 0 Å². The molecule has 4 heteroatoms. The number of aromatic nitrogens is 1. The molecular weight excluding hydrogens is 208 g/mol. The summed E-state index contributed by atoms with van der Waals surface area (Å²) in [4.78, 5) is 4.32. The molecule has 0 bridgehead atoms. The lowest BCUT2D eigenvalue weighted by Gasteiger charge is -2.29. The Kier molecular flexibility index (Phi) is 4.11. The lowest BCUT2D eigenvalue weighted by molar-refractivity contribution is -0.00588. The summed E-state index contributed by atoms with van der Waals surface area (Å²) in [5.74, 6) is 0. The quantitative estimate of drug-likeness (QED) is 0.850. The van der Waals surface area contributed by atoms with Gasteiger partial charge in [0.1, 0.15) is 0 Å². The second-order valence-corrected chi connectivity index (χ2v) is 4.91. The maximum Gasteiger partial charge on any atom is 0.0941 e. The van der Waals surface area contributed by atoms with Crippen LogP contribution in [0.25, 0.3) is 0 Å². The third kappa shape index (κ3) is 3.00. The van der Waals surface area contributed by atoms with E-state index in [9.17, 15) is 0 Å². The molecule has 0 aromatic carbocycles. The summed E-state index contributed by atoms with van der Waals surface area (Å²) in [5.41, 5.74) is 0. The highest BCUT2D eigenvalue weighted by molar-refractivity contribution is 7.09. The van der Waals surface area contributed by atoms with Crippen LogP contribution in [0.2, 0.25) is 0 Å². The Bertz CT molecular complexity index is 270. The molecule has 15 heavy (non-hydrogen) atoms. The van der Waals surface area contributed by atoms with E-state index in [0.29, 0.717) is 12.1 Å². The lowest BCUT2D eigenvalue weighted by Crippen LogP contribution is -2.42. The van der Waals surface area contributed by atoms with Crippen molar-refractivity contribution >= 4 is 11.3 Å². The highest BCUT2D eigenvalue weighted by atomic mass is 32.1. The van der Waals surface area contributed by atoms with Gasteiger partial charge in [0.05, 0.1) is 11.1 Å². The molecule has 2 atom stereocenters. The topological polar surface area (TPSA) is 34.2 Å². The first-order chi connectivity index (χ1) is 7.40. The van der Waals surface area contributed by atoms with Crippen LogP contribution in [0.15, 0.2) is 11.6 Å². The lowest BCUT2D eigenvalue weighted by atomic mass is 10.00. The molecule has 1 saturated heterocycles. The predicted molar refractivity (Wildman–Crippen MR) is 62.3 cm³/mol. The molecule has 1 aliphatic heterocycles. The van der Waals surface area contributed by atoms with Crippen LogP contribution in [0.4, 0.5) is 0 Å². The molecule has 0 aliphatic carbocycles. The summed E-state index contributed by atoms with van der Waals surface area (Å²) in [6, 6.07) is 0.413. The first-order valence-electron chi connectivity index (χ1n) is 5.57. The highest BCUT2D eigenvalue weighted by Gasteiger charge is 2.23. The van der Waals surface area contributed by atoms with Crippen LogP contribution in [0, 0.1) is 0 Å². The Morgan fingerprint density at radius 2 is 2.60 bits per heavy atom. The molecule has 1 aliphatic rings. The zero-order valence-electron chi connectivity index (χ0n) is 9.11. The van der Waals surface area contributed by atoms with E-state index in [1.54, 1.807) is 11.3 Å². The van der Waals surface area contributed by atoms with Crippen molar-refractivity contribution in [2.75, 3.05) is 13.7 Å². The van der Waals surface area contributed by atoms with E-state index < -0.39 is 0 Å². The fraction of sp³-hybridized carbons (Fsp3) is 0.727. The third-order valence-corrected chi connectivity index (χ3v) is 3.71. The summed E-state index contributed by atoms with van der Waals surface area (Å²) in [5, 5.41) is 6.58. The molecule has 1 aromatic heterocycles. The van der Waals surface area contributed by atoms with Crippen LogP contribution >= 0.6 is 11.3 Å². The first kappa shape index (κ1) is 11.0. The fourth-order valence-corrected chi connectivity index (χ4v) is 2.72. The van der Waals surface area contributed by atoms with Gasteiger partial charge in [0.25, 0.3) is 0 Å². The fourth-order valence-electron chi connectivity index (χ4n) is 2.04. The third-order valence-electron chi connectivity index (χ3n) is 2.91. The predicted octanol–water partition coefficient (Wildman–Crippen LogP) is 1.84. The van der Waals surface area contributed by atoms with Gasteiger partial charge in [0.15, 0.2) is 0 Å². The first-order valence-corrected chi connectivity index (χ1v) is 6.45. The molecular formula is C11H18N2OS. The standard InChI is InChI=1S/C11H18N2OS/c1-12-9(8-11-13-5-7-15-11)10-4-2-3-6-14-10/h5,7,9-10,12H,2-4,6,8H2,1H3. The van der Waals surface area contributed by atoms with Crippen LogP contribution in [0.1, 0.15) is 24.3 Å². The number of likely N-dealkylation sites (N-methyl/N-ethyl adjacent to an activating group) is 1. The molecule has 0 amide bonds. The number of nitrogens with zero attached hydrogens (tertiary/aromatic N) is 1. The second kappa shape index (κ2) is 5.58. The maximum absolute atomic E-state index is 5.79. The molecule has 2 heterocycles. The average molecular weight is 226 g/mol. The van der Waals surface area contributed by atoms with E-state index in [2.05, 4.69) is 10.3 Å². The number of rotatable bonds is 4. The smallest absolute Gasteiger partial charge is 0.0941 e. The van der Waals surface area contributed by atoms with Crippen molar-refractivity contribution in [3.8, 4) is 0 Å². The molecule has 0 spiro atoms. The van der Waals surface area contributed by atoms with Crippen molar-refractivity contribution in [3.05, 3.63) is 16.6 Å². The van der Waals surface area contributed by atoms with Gasteiger partial charge in [0.2, 0.25) is 0 Å². The monoisotopic (exact) mass is 226 g/mol. The van der Waals surface area contributed by atoms with E-state index in [0.717, 1.165) is 13.0 Å². The molecule has 1 N–H and O–H groups in total. The minimum absolute atomic E-state index is 0.368. The van der Waals surface area contributed by atoms with Crippen LogP contribution in [0.3, 0.4) is 0 Å². The number of thiazole rings is 1. The van der Waals surface area contributed by atoms with E-state index in [1.165, 1.54) is 24.3 Å². The SMILES string of the molecule is CNC(Cc1nccs1)C1CCCCO1. The van der Waals surface area contributed by atoms with Gasteiger partial charge >= 0.3 is 0 Å². The van der Waals surface area contributed by atoms with Gasteiger partial charge < -0.3 is 10.1 Å². The van der Waals surface area contributed by atoms with Crippen molar-refractivity contribution in [2.24, 2.45) is 0 Å². The van der Waals surface area contributed by atoms with Crippen molar-refractivity contribution < 1.29 is 4.74 Å². The van der Waals surface area contributed by atoms with Crippen LogP contribution in [0.5, 0.6) is 0 Å². The number of nitrogens with one attached hydrogen (secondary N) is 1. The number of hydrogen-bond acceptors (Lipinski definition) is 4. The van der Waals surface area contributed by atoms with Crippen LogP contribution in [-0.4, -0.2) is 30.8 Å². The molecule has 0 radical (unpaired) electrons. The van der Waals surface area contributed by atoms with Gasteiger partial charge in [-0.1, -0.05) is 0 Å². The largest absolute Gasteiger partial charge is 0.377 e. The second-order valence-electron chi connectivity index (χ2n) is 3.93. The Morgan fingerprint density at radius 3 is 3.20 bits per heavy atom. The number of hydrogen-bond donors (Lipinski definition) is 1. The van der Waals surface area contributed by atoms with E-state index in [1.807, 2.05) is 18.6 Å². The van der Waals surface area contributed by atoms with Gasteiger partial charge in [0, 0.05) is 30.6 Å². The van der Waals surface area contributed by atoms with Gasteiger partial charge in [-0.05, 0) is 26.3 Å².